The number of rotatable bonds is 5. The Kier molecular flexibility index (Phi) is 6.56. The average molecular weight is 365 g/mol. The molecule has 1 aromatic carbocycles. The summed E-state index contributed by atoms with van der Waals surface area (Å²) in [6.07, 6.45) is 0. The number of hydrogen-bond donors (Lipinski definition) is 3. The van der Waals surface area contributed by atoms with Gasteiger partial charge >= 0.3 is 0 Å². The number of carbonyl (C=O) groups excluding carboxylic acids is 1. The van der Waals surface area contributed by atoms with E-state index in [4.69, 9.17) is 12.2 Å². The zero-order valence-corrected chi connectivity index (χ0v) is 15.1. The molecule has 9 heteroatoms. The summed E-state index contributed by atoms with van der Waals surface area (Å²) in [5.74, 6) is -0.141. The van der Waals surface area contributed by atoms with E-state index in [1.165, 1.54) is 11.8 Å². The van der Waals surface area contributed by atoms with Crippen molar-refractivity contribution in [2.75, 3.05) is 12.3 Å². The summed E-state index contributed by atoms with van der Waals surface area (Å²) in [6.45, 7) is 4.93. The van der Waals surface area contributed by atoms with E-state index in [0.717, 1.165) is 0 Å². The molecule has 1 heterocycles. The number of nitrogens with zero attached hydrogens (tertiary/aromatic N) is 2. The Morgan fingerprint density at radius 1 is 1.29 bits per heavy atom. The number of benzene rings is 1. The van der Waals surface area contributed by atoms with Crippen molar-refractivity contribution in [2.45, 2.75) is 25.5 Å². The van der Waals surface area contributed by atoms with Crippen LogP contribution < -0.4 is 21.7 Å². The highest BCUT2D eigenvalue weighted by Gasteiger charge is 2.12. The first-order valence-corrected chi connectivity index (χ1v) is 8.91. The van der Waals surface area contributed by atoms with Crippen LogP contribution >= 0.6 is 24.0 Å². The lowest BCUT2D eigenvalue weighted by Crippen LogP contribution is -2.47. The minimum Gasteiger partial charge on any atom is -0.362 e. The standard InChI is InChI=1S/C15H19N5O2S2/c1-3-16-14(23)19-18-12(21)9-24-15-17-11-8-6-5-7-10(11)13(22)20(15)4-2/h5-8H,3-4,9H2,1-2H3,(H,18,21)(H2,16,19,23). The molecule has 0 aliphatic carbocycles. The second kappa shape index (κ2) is 8.65. The quantitative estimate of drug-likeness (QED) is 0.316. The van der Waals surface area contributed by atoms with Crippen LogP contribution in [0.2, 0.25) is 0 Å². The van der Waals surface area contributed by atoms with Crippen LogP contribution in [0, 0.1) is 0 Å². The molecule has 24 heavy (non-hydrogen) atoms. The van der Waals surface area contributed by atoms with Crippen LogP contribution in [-0.4, -0.2) is 32.9 Å². The van der Waals surface area contributed by atoms with Crippen LogP contribution in [0.25, 0.3) is 10.9 Å². The molecular formula is C15H19N5O2S2. The van der Waals surface area contributed by atoms with Crippen LogP contribution in [0.15, 0.2) is 34.2 Å². The Bertz CT molecular complexity index is 806. The molecule has 3 N–H and O–H groups in total. The van der Waals surface area contributed by atoms with Crippen molar-refractivity contribution in [3.63, 3.8) is 0 Å². The smallest absolute Gasteiger partial charge is 0.262 e. The number of nitrogens with one attached hydrogen (secondary N) is 3. The van der Waals surface area contributed by atoms with Gasteiger partial charge in [-0.25, -0.2) is 4.98 Å². The summed E-state index contributed by atoms with van der Waals surface area (Å²) in [5.41, 5.74) is 5.63. The van der Waals surface area contributed by atoms with Crippen molar-refractivity contribution in [3.05, 3.63) is 34.6 Å². The van der Waals surface area contributed by atoms with E-state index >= 15 is 0 Å². The molecule has 0 saturated heterocycles. The predicted octanol–water partition coefficient (Wildman–Crippen LogP) is 1.02. The van der Waals surface area contributed by atoms with Gasteiger partial charge in [-0.05, 0) is 38.2 Å². The first-order chi connectivity index (χ1) is 11.6. The fourth-order valence-electron chi connectivity index (χ4n) is 2.03. The number of para-hydroxylation sites is 1. The van der Waals surface area contributed by atoms with E-state index in [-0.39, 0.29) is 17.2 Å². The molecular weight excluding hydrogens is 346 g/mol. The van der Waals surface area contributed by atoms with Gasteiger partial charge in [0.15, 0.2) is 10.3 Å². The Balaban J connectivity index is 2.08. The largest absolute Gasteiger partial charge is 0.362 e. The third kappa shape index (κ3) is 4.45. The van der Waals surface area contributed by atoms with Crippen molar-refractivity contribution in [1.82, 2.24) is 25.7 Å². The lowest BCUT2D eigenvalue weighted by molar-refractivity contribution is -0.119. The molecule has 2 aromatic rings. The van der Waals surface area contributed by atoms with Gasteiger partial charge in [-0.15, -0.1) is 0 Å². The van der Waals surface area contributed by atoms with Crippen LogP contribution in [-0.2, 0) is 11.3 Å². The zero-order chi connectivity index (χ0) is 17.5. The Labute approximate surface area is 149 Å². The summed E-state index contributed by atoms with van der Waals surface area (Å²) in [6, 6.07) is 7.18. The van der Waals surface area contributed by atoms with Gasteiger partial charge in [-0.1, -0.05) is 23.9 Å². The number of thioether (sulfide) groups is 1. The first-order valence-electron chi connectivity index (χ1n) is 7.51. The van der Waals surface area contributed by atoms with Crippen molar-refractivity contribution in [3.8, 4) is 0 Å². The van der Waals surface area contributed by atoms with Crippen LogP contribution in [0.3, 0.4) is 0 Å². The zero-order valence-electron chi connectivity index (χ0n) is 13.5. The van der Waals surface area contributed by atoms with Gasteiger partial charge in [-0.2, -0.15) is 0 Å². The fourth-order valence-corrected chi connectivity index (χ4v) is 3.09. The summed E-state index contributed by atoms with van der Waals surface area (Å²) in [5, 5.41) is 4.31. The molecule has 0 spiro atoms. The molecule has 1 amide bonds. The predicted molar refractivity (Wildman–Crippen MR) is 100.0 cm³/mol. The van der Waals surface area contributed by atoms with Gasteiger partial charge in [0, 0.05) is 13.1 Å². The highest BCUT2D eigenvalue weighted by Crippen LogP contribution is 2.17. The molecule has 0 aliphatic heterocycles. The summed E-state index contributed by atoms with van der Waals surface area (Å²) in [7, 11) is 0. The summed E-state index contributed by atoms with van der Waals surface area (Å²) < 4.78 is 1.57. The first kappa shape index (κ1) is 18.2. The van der Waals surface area contributed by atoms with Crippen LogP contribution in [0.4, 0.5) is 0 Å². The van der Waals surface area contributed by atoms with E-state index in [9.17, 15) is 9.59 Å². The molecule has 128 valence electrons. The highest BCUT2D eigenvalue weighted by molar-refractivity contribution is 7.99. The average Bonchev–Trinajstić information content (AvgIpc) is 2.58. The molecule has 2 rings (SSSR count). The minimum absolute atomic E-state index is 0.0996. The van der Waals surface area contributed by atoms with E-state index < -0.39 is 0 Å². The van der Waals surface area contributed by atoms with E-state index in [1.54, 1.807) is 16.7 Å². The van der Waals surface area contributed by atoms with Crippen molar-refractivity contribution < 1.29 is 4.79 Å². The highest BCUT2D eigenvalue weighted by atomic mass is 32.2. The van der Waals surface area contributed by atoms with Crippen molar-refractivity contribution >= 4 is 45.9 Å². The minimum atomic E-state index is -0.259. The number of carbonyl (C=O) groups is 1. The lowest BCUT2D eigenvalue weighted by Gasteiger charge is -2.12. The van der Waals surface area contributed by atoms with Gasteiger partial charge in [0.2, 0.25) is 5.91 Å². The molecule has 0 bridgehead atoms. The van der Waals surface area contributed by atoms with Gasteiger partial charge in [0.1, 0.15) is 0 Å². The molecule has 0 fully saturated rings. The monoisotopic (exact) mass is 365 g/mol. The lowest BCUT2D eigenvalue weighted by atomic mass is 10.2. The molecule has 1 aromatic heterocycles. The second-order valence-electron chi connectivity index (χ2n) is 4.78. The maximum atomic E-state index is 12.5. The fraction of sp³-hybridized carbons (Fsp3) is 0.333. The maximum Gasteiger partial charge on any atom is 0.262 e. The Morgan fingerprint density at radius 2 is 2.04 bits per heavy atom. The third-order valence-electron chi connectivity index (χ3n) is 3.13. The summed E-state index contributed by atoms with van der Waals surface area (Å²) in [4.78, 5) is 28.9. The van der Waals surface area contributed by atoms with Gasteiger partial charge in [0.25, 0.3) is 5.56 Å². The van der Waals surface area contributed by atoms with Gasteiger partial charge in [0.05, 0.1) is 16.7 Å². The molecule has 0 saturated carbocycles. The normalized spacial score (nSPS) is 10.4. The molecule has 0 unspecified atom stereocenters. The number of amides is 1. The molecule has 0 aliphatic rings. The van der Waals surface area contributed by atoms with Crippen LogP contribution in [0.5, 0.6) is 0 Å². The summed E-state index contributed by atoms with van der Waals surface area (Å²) >= 11 is 6.17. The number of hydrazine groups is 1. The van der Waals surface area contributed by atoms with Gasteiger partial charge < -0.3 is 5.32 Å². The Morgan fingerprint density at radius 3 is 2.75 bits per heavy atom. The van der Waals surface area contributed by atoms with E-state index in [0.29, 0.717) is 34.3 Å². The number of aromatic nitrogens is 2. The van der Waals surface area contributed by atoms with Gasteiger partial charge in [-0.3, -0.25) is 25.0 Å². The number of hydrogen-bond acceptors (Lipinski definition) is 5. The van der Waals surface area contributed by atoms with Crippen molar-refractivity contribution in [1.29, 1.82) is 0 Å². The van der Waals surface area contributed by atoms with E-state index in [1.807, 2.05) is 26.0 Å². The van der Waals surface area contributed by atoms with Crippen LogP contribution in [0.1, 0.15) is 13.8 Å². The second-order valence-corrected chi connectivity index (χ2v) is 6.13. The van der Waals surface area contributed by atoms with Crippen molar-refractivity contribution in [2.24, 2.45) is 0 Å². The molecule has 0 atom stereocenters. The molecule has 0 radical (unpaired) electrons. The number of thiocarbonyl (C=S) groups is 1. The Hall–Kier alpha value is -2.13. The van der Waals surface area contributed by atoms with E-state index in [2.05, 4.69) is 21.2 Å². The number of fused-ring (bicyclic) bond motifs is 1. The topological polar surface area (TPSA) is 88.1 Å². The SMILES string of the molecule is CCNC(=S)NNC(=O)CSc1nc2ccccc2c(=O)n1CC. The molecule has 7 nitrogen and oxygen atoms in total. The maximum absolute atomic E-state index is 12.5. The third-order valence-corrected chi connectivity index (χ3v) is 4.35.